The zero-order chi connectivity index (χ0) is 10.8. The summed E-state index contributed by atoms with van der Waals surface area (Å²) in [6.07, 6.45) is 2.37. The molecule has 5 nitrogen and oxygen atoms in total. The van der Waals surface area contributed by atoms with Crippen molar-refractivity contribution >= 4 is 22.2 Å². The van der Waals surface area contributed by atoms with Crippen molar-refractivity contribution in [2.75, 3.05) is 0 Å². The highest BCUT2D eigenvalue weighted by atomic mass is 32.1. The van der Waals surface area contributed by atoms with Crippen LogP contribution in [0, 0.1) is 6.92 Å². The molecule has 0 aliphatic heterocycles. The van der Waals surface area contributed by atoms with Gasteiger partial charge in [-0.1, -0.05) is 18.3 Å². The molecular weight excluding hydrogens is 212 g/mol. The predicted octanol–water partition coefficient (Wildman–Crippen LogP) is 1.13. The molecule has 15 heavy (non-hydrogen) atoms. The van der Waals surface area contributed by atoms with Crippen LogP contribution in [-0.2, 0) is 11.3 Å². The van der Waals surface area contributed by atoms with E-state index in [1.54, 1.807) is 4.52 Å². The Morgan fingerprint density at radius 1 is 1.67 bits per heavy atom. The highest BCUT2D eigenvalue weighted by Crippen LogP contribution is 2.13. The predicted molar refractivity (Wildman–Crippen MR) is 57.7 cm³/mol. The molecule has 0 aromatic carbocycles. The van der Waals surface area contributed by atoms with Crippen molar-refractivity contribution in [2.45, 2.75) is 26.8 Å². The number of hydrogen-bond acceptors (Lipinski definition) is 4. The third-order valence-corrected chi connectivity index (χ3v) is 2.89. The van der Waals surface area contributed by atoms with Gasteiger partial charge in [0.1, 0.15) is 5.01 Å². The first-order valence-corrected chi connectivity index (χ1v) is 5.59. The van der Waals surface area contributed by atoms with Gasteiger partial charge in [0, 0.05) is 6.42 Å². The SMILES string of the molecule is CCC(=O)NCc1nn2cc(C)nc2s1. The highest BCUT2D eigenvalue weighted by molar-refractivity contribution is 7.16. The van der Waals surface area contributed by atoms with E-state index in [1.165, 1.54) is 11.3 Å². The van der Waals surface area contributed by atoms with Crippen molar-refractivity contribution in [3.63, 3.8) is 0 Å². The Morgan fingerprint density at radius 2 is 2.47 bits per heavy atom. The Balaban J connectivity index is 2.09. The van der Waals surface area contributed by atoms with E-state index in [9.17, 15) is 4.79 Å². The lowest BCUT2D eigenvalue weighted by Gasteiger charge is -1.97. The molecule has 1 amide bonds. The molecule has 0 aliphatic carbocycles. The first kappa shape index (κ1) is 10.1. The summed E-state index contributed by atoms with van der Waals surface area (Å²) < 4.78 is 1.74. The number of aryl methyl sites for hydroxylation is 1. The van der Waals surface area contributed by atoms with Crippen LogP contribution in [0.2, 0.25) is 0 Å². The van der Waals surface area contributed by atoms with Crippen molar-refractivity contribution in [3.8, 4) is 0 Å². The summed E-state index contributed by atoms with van der Waals surface area (Å²) in [5.41, 5.74) is 0.956. The Morgan fingerprint density at radius 3 is 3.13 bits per heavy atom. The molecule has 2 aromatic heterocycles. The smallest absolute Gasteiger partial charge is 0.220 e. The van der Waals surface area contributed by atoms with Crippen molar-refractivity contribution < 1.29 is 4.79 Å². The number of imidazole rings is 1. The molecule has 6 heteroatoms. The number of fused-ring (bicyclic) bond motifs is 1. The van der Waals surface area contributed by atoms with Gasteiger partial charge >= 0.3 is 0 Å². The van der Waals surface area contributed by atoms with E-state index in [1.807, 2.05) is 20.0 Å². The summed E-state index contributed by atoms with van der Waals surface area (Å²) in [5.74, 6) is 0.0408. The topological polar surface area (TPSA) is 59.3 Å². The van der Waals surface area contributed by atoms with Crippen LogP contribution < -0.4 is 5.32 Å². The standard InChI is InChI=1S/C9H12N4OS/c1-3-7(14)10-4-8-12-13-5-6(2)11-9(13)15-8/h5H,3-4H2,1-2H3,(H,10,14). The number of nitrogens with zero attached hydrogens (tertiary/aromatic N) is 3. The molecule has 2 rings (SSSR count). The Labute approximate surface area is 91.1 Å². The molecule has 0 unspecified atom stereocenters. The van der Waals surface area contributed by atoms with Crippen LogP contribution >= 0.6 is 11.3 Å². The fourth-order valence-corrected chi connectivity index (χ4v) is 2.08. The summed E-state index contributed by atoms with van der Waals surface area (Å²) in [5, 5.41) is 7.95. The lowest BCUT2D eigenvalue weighted by Crippen LogP contribution is -2.21. The number of carbonyl (C=O) groups is 1. The number of rotatable bonds is 3. The Kier molecular flexibility index (Phi) is 2.68. The van der Waals surface area contributed by atoms with E-state index < -0.39 is 0 Å². The fraction of sp³-hybridized carbons (Fsp3) is 0.444. The second-order valence-electron chi connectivity index (χ2n) is 3.24. The monoisotopic (exact) mass is 224 g/mol. The molecule has 0 aliphatic rings. The summed E-state index contributed by atoms with van der Waals surface area (Å²) in [6, 6.07) is 0. The highest BCUT2D eigenvalue weighted by Gasteiger charge is 2.06. The minimum Gasteiger partial charge on any atom is -0.350 e. The van der Waals surface area contributed by atoms with Gasteiger partial charge < -0.3 is 5.32 Å². The van der Waals surface area contributed by atoms with Crippen LogP contribution in [-0.4, -0.2) is 20.5 Å². The molecule has 0 atom stereocenters. The van der Waals surface area contributed by atoms with E-state index in [2.05, 4.69) is 15.4 Å². The largest absolute Gasteiger partial charge is 0.350 e. The molecule has 0 saturated carbocycles. The van der Waals surface area contributed by atoms with Gasteiger partial charge in [-0.25, -0.2) is 9.50 Å². The number of hydrogen-bond donors (Lipinski definition) is 1. The second kappa shape index (κ2) is 3.98. The Bertz CT molecular complexity index is 456. The van der Waals surface area contributed by atoms with Crippen LogP contribution in [0.15, 0.2) is 6.20 Å². The normalized spacial score (nSPS) is 10.8. The van der Waals surface area contributed by atoms with Gasteiger partial charge in [0.15, 0.2) is 0 Å². The molecule has 80 valence electrons. The number of carbonyl (C=O) groups excluding carboxylic acids is 1. The van der Waals surface area contributed by atoms with E-state index >= 15 is 0 Å². The molecule has 2 aromatic rings. The third kappa shape index (κ3) is 2.15. The van der Waals surface area contributed by atoms with Gasteiger partial charge in [0.2, 0.25) is 10.9 Å². The number of aromatic nitrogens is 3. The molecule has 0 radical (unpaired) electrons. The minimum atomic E-state index is 0.0408. The van der Waals surface area contributed by atoms with Crippen LogP contribution in [0.1, 0.15) is 24.0 Å². The van der Waals surface area contributed by atoms with Crippen LogP contribution in [0.4, 0.5) is 0 Å². The zero-order valence-corrected chi connectivity index (χ0v) is 9.47. The summed E-state index contributed by atoms with van der Waals surface area (Å²) in [4.78, 5) is 16.2. The lowest BCUT2D eigenvalue weighted by molar-refractivity contribution is -0.120. The maximum absolute atomic E-state index is 11.0. The Hall–Kier alpha value is -1.43. The van der Waals surface area contributed by atoms with Gasteiger partial charge in [-0.2, -0.15) is 5.10 Å². The first-order valence-electron chi connectivity index (χ1n) is 4.77. The van der Waals surface area contributed by atoms with Gasteiger partial charge in [0.25, 0.3) is 0 Å². The van der Waals surface area contributed by atoms with Gasteiger partial charge in [-0.05, 0) is 6.92 Å². The fourth-order valence-electron chi connectivity index (χ4n) is 1.22. The average molecular weight is 224 g/mol. The van der Waals surface area contributed by atoms with Gasteiger partial charge in [-0.3, -0.25) is 4.79 Å². The molecule has 0 spiro atoms. The van der Waals surface area contributed by atoms with Crippen molar-refractivity contribution in [3.05, 3.63) is 16.9 Å². The second-order valence-corrected chi connectivity index (χ2v) is 4.28. The van der Waals surface area contributed by atoms with E-state index in [-0.39, 0.29) is 5.91 Å². The van der Waals surface area contributed by atoms with Crippen LogP contribution in [0.25, 0.3) is 4.96 Å². The molecule has 1 N–H and O–H groups in total. The van der Waals surface area contributed by atoms with Crippen molar-refractivity contribution in [1.29, 1.82) is 0 Å². The lowest BCUT2D eigenvalue weighted by atomic mass is 10.4. The van der Waals surface area contributed by atoms with Gasteiger partial charge in [-0.15, -0.1) is 0 Å². The van der Waals surface area contributed by atoms with E-state index in [0.717, 1.165) is 15.7 Å². The van der Waals surface area contributed by atoms with Gasteiger partial charge in [0.05, 0.1) is 18.4 Å². The third-order valence-electron chi connectivity index (χ3n) is 1.96. The average Bonchev–Trinajstić information content (AvgIpc) is 2.70. The number of nitrogens with one attached hydrogen (secondary N) is 1. The summed E-state index contributed by atoms with van der Waals surface area (Å²) in [7, 11) is 0. The molecule has 0 saturated heterocycles. The number of amides is 1. The van der Waals surface area contributed by atoms with Crippen LogP contribution in [0.5, 0.6) is 0 Å². The quantitative estimate of drug-likeness (QED) is 0.850. The van der Waals surface area contributed by atoms with E-state index in [0.29, 0.717) is 13.0 Å². The molecular formula is C9H12N4OS. The first-order chi connectivity index (χ1) is 7.19. The molecule has 0 bridgehead atoms. The maximum atomic E-state index is 11.0. The molecule has 2 heterocycles. The molecule has 0 fully saturated rings. The maximum Gasteiger partial charge on any atom is 0.220 e. The summed E-state index contributed by atoms with van der Waals surface area (Å²) >= 11 is 1.50. The summed E-state index contributed by atoms with van der Waals surface area (Å²) in [6.45, 7) is 4.24. The minimum absolute atomic E-state index is 0.0408. The van der Waals surface area contributed by atoms with Crippen molar-refractivity contribution in [2.24, 2.45) is 0 Å². The van der Waals surface area contributed by atoms with Crippen LogP contribution in [0.3, 0.4) is 0 Å². The van der Waals surface area contributed by atoms with E-state index in [4.69, 9.17) is 0 Å². The zero-order valence-electron chi connectivity index (χ0n) is 8.65. The van der Waals surface area contributed by atoms with Crippen molar-refractivity contribution in [1.82, 2.24) is 19.9 Å².